The van der Waals surface area contributed by atoms with Crippen LogP contribution < -0.4 is 5.73 Å². The third-order valence-corrected chi connectivity index (χ3v) is 2.21. The average molecular weight is 181 g/mol. The molecule has 1 heterocycles. The van der Waals surface area contributed by atoms with Crippen molar-refractivity contribution in [3.05, 3.63) is 17.5 Å². The largest absolute Gasteiger partial charge is 0.330 e. The van der Waals surface area contributed by atoms with Crippen LogP contribution in [0.5, 0.6) is 0 Å². The van der Waals surface area contributed by atoms with Crippen molar-refractivity contribution in [2.24, 2.45) is 5.73 Å². The molecule has 0 saturated carbocycles. The van der Waals surface area contributed by atoms with Crippen molar-refractivity contribution in [1.82, 2.24) is 9.78 Å². The SMILES string of the molecule is CCc1cc(CCCN)nn1CC. The van der Waals surface area contributed by atoms with E-state index in [2.05, 4.69) is 29.7 Å². The topological polar surface area (TPSA) is 43.8 Å². The van der Waals surface area contributed by atoms with Gasteiger partial charge in [-0.3, -0.25) is 4.68 Å². The molecule has 2 N–H and O–H groups in total. The Kier molecular flexibility index (Phi) is 3.96. The van der Waals surface area contributed by atoms with Crippen LogP contribution >= 0.6 is 0 Å². The highest BCUT2D eigenvalue weighted by molar-refractivity contribution is 5.10. The highest BCUT2D eigenvalue weighted by Gasteiger charge is 2.03. The van der Waals surface area contributed by atoms with Crippen LogP contribution in [0.3, 0.4) is 0 Å². The number of nitrogens with two attached hydrogens (primary N) is 1. The van der Waals surface area contributed by atoms with E-state index in [1.54, 1.807) is 0 Å². The molecule has 0 aliphatic carbocycles. The molecule has 0 bridgehead atoms. The Balaban J connectivity index is 2.68. The highest BCUT2D eigenvalue weighted by atomic mass is 15.3. The van der Waals surface area contributed by atoms with Crippen LogP contribution in [0, 0.1) is 0 Å². The lowest BCUT2D eigenvalue weighted by Crippen LogP contribution is -2.03. The predicted octanol–water partition coefficient (Wildman–Crippen LogP) is 1.36. The molecule has 13 heavy (non-hydrogen) atoms. The summed E-state index contributed by atoms with van der Waals surface area (Å²) in [7, 11) is 0. The van der Waals surface area contributed by atoms with Crippen LogP contribution in [0.2, 0.25) is 0 Å². The number of nitrogens with zero attached hydrogens (tertiary/aromatic N) is 2. The maximum atomic E-state index is 5.45. The highest BCUT2D eigenvalue weighted by Crippen LogP contribution is 2.07. The molecular weight excluding hydrogens is 162 g/mol. The van der Waals surface area contributed by atoms with E-state index in [4.69, 9.17) is 5.73 Å². The van der Waals surface area contributed by atoms with E-state index in [9.17, 15) is 0 Å². The van der Waals surface area contributed by atoms with Gasteiger partial charge in [0, 0.05) is 12.2 Å². The van der Waals surface area contributed by atoms with Crippen LogP contribution in [0.1, 0.15) is 31.7 Å². The first-order valence-electron chi connectivity index (χ1n) is 5.07. The summed E-state index contributed by atoms with van der Waals surface area (Å²) in [5.74, 6) is 0. The van der Waals surface area contributed by atoms with E-state index in [1.807, 2.05) is 0 Å². The van der Waals surface area contributed by atoms with E-state index < -0.39 is 0 Å². The summed E-state index contributed by atoms with van der Waals surface area (Å²) < 4.78 is 2.08. The first kappa shape index (κ1) is 10.3. The molecule has 1 aromatic rings. The summed E-state index contributed by atoms with van der Waals surface area (Å²) in [5.41, 5.74) is 7.96. The van der Waals surface area contributed by atoms with Crippen molar-refractivity contribution < 1.29 is 0 Å². The van der Waals surface area contributed by atoms with Crippen molar-refractivity contribution in [3.63, 3.8) is 0 Å². The zero-order valence-electron chi connectivity index (χ0n) is 8.58. The van der Waals surface area contributed by atoms with Gasteiger partial charge in [-0.25, -0.2) is 0 Å². The van der Waals surface area contributed by atoms with Gasteiger partial charge in [-0.05, 0) is 38.8 Å². The lowest BCUT2D eigenvalue weighted by molar-refractivity contribution is 0.613. The van der Waals surface area contributed by atoms with Gasteiger partial charge in [-0.1, -0.05) is 6.92 Å². The van der Waals surface area contributed by atoms with Gasteiger partial charge in [-0.2, -0.15) is 5.10 Å². The Morgan fingerprint density at radius 1 is 1.46 bits per heavy atom. The molecule has 0 atom stereocenters. The molecule has 1 aromatic heterocycles. The van der Waals surface area contributed by atoms with Crippen molar-refractivity contribution in [2.45, 2.75) is 39.7 Å². The molecule has 0 aliphatic rings. The van der Waals surface area contributed by atoms with E-state index in [-0.39, 0.29) is 0 Å². The normalized spacial score (nSPS) is 10.7. The lowest BCUT2D eigenvalue weighted by Gasteiger charge is -1.99. The summed E-state index contributed by atoms with van der Waals surface area (Å²) in [6.45, 7) is 6.00. The van der Waals surface area contributed by atoms with Gasteiger partial charge in [0.25, 0.3) is 0 Å². The molecule has 0 unspecified atom stereocenters. The molecule has 0 spiro atoms. The lowest BCUT2D eigenvalue weighted by atomic mass is 10.2. The van der Waals surface area contributed by atoms with Gasteiger partial charge in [0.1, 0.15) is 0 Å². The summed E-state index contributed by atoms with van der Waals surface area (Å²) in [6.07, 6.45) is 3.10. The van der Waals surface area contributed by atoms with Gasteiger partial charge < -0.3 is 5.73 Å². The second-order valence-electron chi connectivity index (χ2n) is 3.19. The van der Waals surface area contributed by atoms with Crippen molar-refractivity contribution in [2.75, 3.05) is 6.54 Å². The number of aromatic nitrogens is 2. The number of rotatable bonds is 5. The first-order valence-corrected chi connectivity index (χ1v) is 5.07. The smallest absolute Gasteiger partial charge is 0.0628 e. The Morgan fingerprint density at radius 2 is 2.23 bits per heavy atom. The van der Waals surface area contributed by atoms with Gasteiger partial charge in [-0.15, -0.1) is 0 Å². The molecule has 0 aromatic carbocycles. The first-order chi connectivity index (χ1) is 6.31. The molecule has 0 radical (unpaired) electrons. The summed E-state index contributed by atoms with van der Waals surface area (Å²) in [5, 5.41) is 4.50. The monoisotopic (exact) mass is 181 g/mol. The Morgan fingerprint density at radius 3 is 2.69 bits per heavy atom. The quantitative estimate of drug-likeness (QED) is 0.745. The fourth-order valence-electron chi connectivity index (χ4n) is 1.48. The second kappa shape index (κ2) is 5.02. The molecule has 0 amide bonds. The van der Waals surface area contributed by atoms with E-state index in [1.165, 1.54) is 11.4 Å². The van der Waals surface area contributed by atoms with Crippen molar-refractivity contribution in [3.8, 4) is 0 Å². The minimum absolute atomic E-state index is 0.750. The van der Waals surface area contributed by atoms with Crippen molar-refractivity contribution in [1.29, 1.82) is 0 Å². The van der Waals surface area contributed by atoms with Crippen molar-refractivity contribution >= 4 is 0 Å². The predicted molar refractivity (Wildman–Crippen MR) is 54.7 cm³/mol. The van der Waals surface area contributed by atoms with Crippen LogP contribution in [-0.4, -0.2) is 16.3 Å². The van der Waals surface area contributed by atoms with Gasteiger partial charge >= 0.3 is 0 Å². The Hall–Kier alpha value is -0.830. The average Bonchev–Trinajstić information content (AvgIpc) is 2.57. The number of aryl methyl sites for hydroxylation is 3. The second-order valence-corrected chi connectivity index (χ2v) is 3.19. The van der Waals surface area contributed by atoms with Gasteiger partial charge in [0.15, 0.2) is 0 Å². The third-order valence-electron chi connectivity index (χ3n) is 2.21. The molecule has 0 saturated heterocycles. The molecule has 0 aliphatic heterocycles. The molecule has 3 nitrogen and oxygen atoms in total. The Labute approximate surface area is 79.9 Å². The molecule has 0 fully saturated rings. The van der Waals surface area contributed by atoms with Crippen LogP contribution in [0.25, 0.3) is 0 Å². The van der Waals surface area contributed by atoms with Crippen LogP contribution in [-0.2, 0) is 19.4 Å². The van der Waals surface area contributed by atoms with E-state index >= 15 is 0 Å². The molecule has 74 valence electrons. The maximum Gasteiger partial charge on any atom is 0.0628 e. The molecule has 3 heteroatoms. The fraction of sp³-hybridized carbons (Fsp3) is 0.700. The summed E-state index contributed by atoms with van der Waals surface area (Å²) in [6, 6.07) is 2.19. The number of hydrogen-bond acceptors (Lipinski definition) is 2. The minimum Gasteiger partial charge on any atom is -0.330 e. The van der Waals surface area contributed by atoms with Gasteiger partial charge in [0.05, 0.1) is 5.69 Å². The third kappa shape index (κ3) is 2.56. The van der Waals surface area contributed by atoms with Crippen LogP contribution in [0.15, 0.2) is 6.07 Å². The van der Waals surface area contributed by atoms with E-state index in [0.717, 1.165) is 32.4 Å². The molecule has 1 rings (SSSR count). The Bertz CT molecular complexity index is 231. The standard InChI is InChI=1S/C10H19N3/c1-3-10-8-9(6-5-7-11)12-13(10)4-2/h8H,3-7,11H2,1-2H3. The fourth-order valence-corrected chi connectivity index (χ4v) is 1.48. The number of hydrogen-bond donors (Lipinski definition) is 1. The van der Waals surface area contributed by atoms with E-state index in [0.29, 0.717) is 0 Å². The summed E-state index contributed by atoms with van der Waals surface area (Å²) in [4.78, 5) is 0. The van der Waals surface area contributed by atoms with Gasteiger partial charge in [0.2, 0.25) is 0 Å². The minimum atomic E-state index is 0.750. The molecular formula is C10H19N3. The zero-order valence-corrected chi connectivity index (χ0v) is 8.58. The maximum absolute atomic E-state index is 5.45. The summed E-state index contributed by atoms with van der Waals surface area (Å²) >= 11 is 0. The van der Waals surface area contributed by atoms with Crippen LogP contribution in [0.4, 0.5) is 0 Å². The zero-order chi connectivity index (χ0) is 9.68.